The lowest BCUT2D eigenvalue weighted by atomic mass is 10.1. The third kappa shape index (κ3) is 4.19. The number of amides is 1. The van der Waals surface area contributed by atoms with Crippen molar-refractivity contribution >= 4 is 28.4 Å². The lowest BCUT2D eigenvalue weighted by Gasteiger charge is -2.31. The molecular formula is C26H22ClF2N3O2. The molecule has 0 aliphatic carbocycles. The molecule has 4 aromatic rings. The molecule has 0 radical (unpaired) electrons. The van der Waals surface area contributed by atoms with E-state index in [0.29, 0.717) is 23.0 Å². The molecule has 5 nitrogen and oxygen atoms in total. The summed E-state index contributed by atoms with van der Waals surface area (Å²) in [7, 11) is 0. The van der Waals surface area contributed by atoms with Gasteiger partial charge in [0.05, 0.1) is 33.2 Å². The highest BCUT2D eigenvalue weighted by atomic mass is 35.5. The van der Waals surface area contributed by atoms with Gasteiger partial charge in [-0.05, 0) is 55.8 Å². The minimum absolute atomic E-state index is 0.0673. The number of carbonyl (C=O) groups excluding carboxylic acids is 1. The number of hydrogen-bond acceptors (Lipinski definition) is 3. The first kappa shape index (κ1) is 23.6. The summed E-state index contributed by atoms with van der Waals surface area (Å²) in [6, 6.07) is 15.9. The van der Waals surface area contributed by atoms with Crippen LogP contribution >= 0.6 is 11.6 Å². The smallest absolute Gasteiger partial charge is 0.266 e. The van der Waals surface area contributed by atoms with Crippen molar-refractivity contribution in [2.24, 2.45) is 0 Å². The third-order valence-corrected chi connectivity index (χ3v) is 6.02. The maximum atomic E-state index is 14.4. The Bertz CT molecular complexity index is 1440. The quantitative estimate of drug-likeness (QED) is 0.343. The summed E-state index contributed by atoms with van der Waals surface area (Å²) in [4.78, 5) is 33.2. The molecule has 1 atom stereocenters. The van der Waals surface area contributed by atoms with Crippen LogP contribution in [0.1, 0.15) is 42.5 Å². The van der Waals surface area contributed by atoms with E-state index in [9.17, 15) is 18.4 Å². The first-order valence-electron chi connectivity index (χ1n) is 10.9. The van der Waals surface area contributed by atoms with Crippen molar-refractivity contribution in [3.05, 3.63) is 105 Å². The van der Waals surface area contributed by atoms with Gasteiger partial charge in [0.25, 0.3) is 11.5 Å². The fourth-order valence-electron chi connectivity index (χ4n) is 4.08. The van der Waals surface area contributed by atoms with Crippen LogP contribution in [0.25, 0.3) is 16.6 Å². The van der Waals surface area contributed by atoms with E-state index in [1.54, 1.807) is 37.3 Å². The molecule has 0 spiro atoms. The fraction of sp³-hybridized carbons (Fsp3) is 0.192. The molecular weight excluding hydrogens is 460 g/mol. The van der Waals surface area contributed by atoms with Crippen molar-refractivity contribution in [3.63, 3.8) is 0 Å². The predicted molar refractivity (Wildman–Crippen MR) is 128 cm³/mol. The lowest BCUT2D eigenvalue weighted by Crippen LogP contribution is -2.38. The number of halogens is 3. The molecule has 0 N–H and O–H groups in total. The zero-order chi connectivity index (χ0) is 24.4. The molecule has 0 bridgehead atoms. The molecule has 34 heavy (non-hydrogen) atoms. The molecule has 8 heteroatoms. The second-order valence-electron chi connectivity index (χ2n) is 7.72. The zero-order valence-electron chi connectivity index (χ0n) is 18.6. The highest BCUT2D eigenvalue weighted by Crippen LogP contribution is 2.29. The molecule has 0 saturated carbocycles. The van der Waals surface area contributed by atoms with E-state index in [-0.39, 0.29) is 28.5 Å². The van der Waals surface area contributed by atoms with Gasteiger partial charge in [-0.1, -0.05) is 42.8 Å². The average molecular weight is 482 g/mol. The summed E-state index contributed by atoms with van der Waals surface area (Å²) in [6.45, 7) is 3.88. The SMILES string of the molecule is CCC(c1nc2ccccc2c(=O)n1-c1ccc(F)c(Cl)c1)N(CC)C(=O)c1ccccc1F. The van der Waals surface area contributed by atoms with E-state index in [4.69, 9.17) is 16.6 Å². The molecule has 1 unspecified atom stereocenters. The van der Waals surface area contributed by atoms with Crippen molar-refractivity contribution < 1.29 is 13.6 Å². The Hall–Kier alpha value is -3.58. The van der Waals surface area contributed by atoms with Crippen LogP contribution in [0.4, 0.5) is 8.78 Å². The first-order valence-corrected chi connectivity index (χ1v) is 11.3. The normalized spacial score (nSPS) is 12.0. The summed E-state index contributed by atoms with van der Waals surface area (Å²) in [5, 5.41) is 0.219. The summed E-state index contributed by atoms with van der Waals surface area (Å²) in [5.41, 5.74) is 0.329. The highest BCUT2D eigenvalue weighted by Gasteiger charge is 2.30. The lowest BCUT2D eigenvalue weighted by molar-refractivity contribution is 0.0667. The Morgan fingerprint density at radius 2 is 1.74 bits per heavy atom. The molecule has 3 aromatic carbocycles. The topological polar surface area (TPSA) is 55.2 Å². The second kappa shape index (κ2) is 9.73. The summed E-state index contributed by atoms with van der Waals surface area (Å²) in [6.07, 6.45) is 0.397. The minimum Gasteiger partial charge on any atom is -0.329 e. The molecule has 1 aromatic heterocycles. The molecule has 0 saturated heterocycles. The van der Waals surface area contributed by atoms with Crippen molar-refractivity contribution in [3.8, 4) is 5.69 Å². The predicted octanol–water partition coefficient (Wildman–Crippen LogP) is 5.93. The molecule has 0 aliphatic heterocycles. The molecule has 0 aliphatic rings. The number of carbonyl (C=O) groups is 1. The van der Waals surface area contributed by atoms with Gasteiger partial charge in [0.2, 0.25) is 0 Å². The number of fused-ring (bicyclic) bond motifs is 1. The zero-order valence-corrected chi connectivity index (χ0v) is 19.4. The van der Waals surface area contributed by atoms with Crippen molar-refractivity contribution in [2.75, 3.05) is 6.54 Å². The number of nitrogens with zero attached hydrogens (tertiary/aromatic N) is 3. The number of rotatable bonds is 6. The largest absolute Gasteiger partial charge is 0.329 e. The standard InChI is InChI=1S/C26H22ClF2N3O2/c1-3-23(31(4-2)25(33)17-9-5-7-11-20(17)28)24-30-22-12-8-6-10-18(22)26(34)32(24)16-13-14-21(29)19(27)15-16/h5-15,23H,3-4H2,1-2H3. The van der Waals surface area contributed by atoms with Gasteiger partial charge in [-0.15, -0.1) is 0 Å². The Morgan fingerprint density at radius 1 is 1.03 bits per heavy atom. The molecule has 174 valence electrons. The highest BCUT2D eigenvalue weighted by molar-refractivity contribution is 6.30. The van der Waals surface area contributed by atoms with Crippen LogP contribution in [-0.4, -0.2) is 26.9 Å². The number of para-hydroxylation sites is 1. The van der Waals surface area contributed by atoms with E-state index >= 15 is 0 Å². The maximum absolute atomic E-state index is 14.4. The van der Waals surface area contributed by atoms with Gasteiger partial charge in [-0.25, -0.2) is 13.8 Å². The Balaban J connectivity index is 1.97. The van der Waals surface area contributed by atoms with Gasteiger partial charge in [-0.2, -0.15) is 0 Å². The van der Waals surface area contributed by atoms with Crippen molar-refractivity contribution in [2.45, 2.75) is 26.3 Å². The van der Waals surface area contributed by atoms with Crippen molar-refractivity contribution in [1.29, 1.82) is 0 Å². The first-order chi connectivity index (χ1) is 16.4. The van der Waals surface area contributed by atoms with Crippen LogP contribution in [0.2, 0.25) is 5.02 Å². The second-order valence-corrected chi connectivity index (χ2v) is 8.13. The van der Waals surface area contributed by atoms with Gasteiger partial charge < -0.3 is 4.90 Å². The van der Waals surface area contributed by atoms with Gasteiger partial charge in [-0.3, -0.25) is 14.2 Å². The van der Waals surface area contributed by atoms with E-state index < -0.39 is 23.6 Å². The molecule has 0 fully saturated rings. The van der Waals surface area contributed by atoms with E-state index in [1.165, 1.54) is 45.9 Å². The minimum atomic E-state index is -0.668. The van der Waals surface area contributed by atoms with Gasteiger partial charge in [0.1, 0.15) is 17.5 Å². The van der Waals surface area contributed by atoms with Gasteiger partial charge >= 0.3 is 0 Å². The van der Waals surface area contributed by atoms with Gasteiger partial charge in [0, 0.05) is 6.54 Å². The van der Waals surface area contributed by atoms with E-state index in [2.05, 4.69) is 0 Å². The van der Waals surface area contributed by atoms with Crippen LogP contribution in [0, 0.1) is 11.6 Å². The van der Waals surface area contributed by atoms with E-state index in [1.807, 2.05) is 6.92 Å². The van der Waals surface area contributed by atoms with Crippen LogP contribution in [0.5, 0.6) is 0 Å². The number of aromatic nitrogens is 2. The molecule has 1 heterocycles. The summed E-state index contributed by atoms with van der Waals surface area (Å²) >= 11 is 6.02. The van der Waals surface area contributed by atoms with Crippen molar-refractivity contribution in [1.82, 2.24) is 14.5 Å². The van der Waals surface area contributed by atoms with Crippen LogP contribution in [0.15, 0.2) is 71.5 Å². The van der Waals surface area contributed by atoms with Gasteiger partial charge in [0.15, 0.2) is 0 Å². The average Bonchev–Trinajstić information content (AvgIpc) is 2.84. The Kier molecular flexibility index (Phi) is 6.75. The number of hydrogen-bond donors (Lipinski definition) is 0. The monoisotopic (exact) mass is 481 g/mol. The maximum Gasteiger partial charge on any atom is 0.266 e. The molecule has 4 rings (SSSR count). The fourth-order valence-corrected chi connectivity index (χ4v) is 4.26. The van der Waals surface area contributed by atoms with Crippen LogP contribution in [-0.2, 0) is 0 Å². The third-order valence-electron chi connectivity index (χ3n) is 5.73. The summed E-state index contributed by atoms with van der Waals surface area (Å²) in [5.74, 6) is -1.49. The number of benzene rings is 3. The van der Waals surface area contributed by atoms with Crippen LogP contribution in [0.3, 0.4) is 0 Å². The van der Waals surface area contributed by atoms with E-state index in [0.717, 1.165) is 0 Å². The Morgan fingerprint density at radius 3 is 2.41 bits per heavy atom. The molecule has 1 amide bonds. The van der Waals surface area contributed by atoms with Crippen LogP contribution < -0.4 is 5.56 Å². The summed E-state index contributed by atoms with van der Waals surface area (Å²) < 4.78 is 29.7. The Labute approximate surface area is 200 Å².